The Labute approximate surface area is 105 Å². The molecule has 0 heterocycles. The number of Topliss-reactive ketones (excluding diaryl/α,β-unsaturated/α-hetero) is 1. The molecule has 0 fully saturated rings. The topological polar surface area (TPSA) is 78.7 Å². The lowest BCUT2D eigenvalue weighted by molar-refractivity contribution is -0.384. The molecule has 0 aliphatic carbocycles. The Morgan fingerprint density at radius 3 is 2.67 bits per heavy atom. The summed E-state index contributed by atoms with van der Waals surface area (Å²) in [6.45, 7) is 4.50. The number of carbonyl (C=O) groups is 1. The highest BCUT2D eigenvalue weighted by Gasteiger charge is 2.14. The summed E-state index contributed by atoms with van der Waals surface area (Å²) in [5, 5.41) is 10.6. The van der Waals surface area contributed by atoms with Gasteiger partial charge in [-0.25, -0.2) is 0 Å². The van der Waals surface area contributed by atoms with Gasteiger partial charge in [0.25, 0.3) is 5.69 Å². The highest BCUT2D eigenvalue weighted by Crippen LogP contribution is 2.24. The molecule has 1 aromatic carbocycles. The van der Waals surface area contributed by atoms with E-state index in [1.165, 1.54) is 25.1 Å². The minimum absolute atomic E-state index is 0.127. The highest BCUT2D eigenvalue weighted by atomic mass is 16.6. The first-order valence-corrected chi connectivity index (χ1v) is 5.56. The van der Waals surface area contributed by atoms with Gasteiger partial charge in [-0.05, 0) is 19.9 Å². The van der Waals surface area contributed by atoms with Gasteiger partial charge in [0.05, 0.1) is 17.1 Å². The van der Waals surface area contributed by atoms with E-state index < -0.39 is 4.92 Å². The lowest BCUT2D eigenvalue weighted by atomic mass is 10.1. The molecule has 1 rings (SSSR count). The lowest BCUT2D eigenvalue weighted by Crippen LogP contribution is -2.09. The van der Waals surface area contributed by atoms with Crippen molar-refractivity contribution < 1.29 is 19.2 Å². The number of ether oxygens (including phenoxy) is 2. The Morgan fingerprint density at radius 1 is 1.39 bits per heavy atom. The molecule has 6 nitrogen and oxygen atoms in total. The van der Waals surface area contributed by atoms with Gasteiger partial charge in [-0.15, -0.1) is 0 Å². The normalized spacial score (nSPS) is 10.1. The first-order valence-electron chi connectivity index (χ1n) is 5.56. The van der Waals surface area contributed by atoms with Crippen molar-refractivity contribution in [1.29, 1.82) is 0 Å². The summed E-state index contributed by atoms with van der Waals surface area (Å²) in [4.78, 5) is 21.5. The number of benzene rings is 1. The van der Waals surface area contributed by atoms with Crippen LogP contribution in [0.5, 0.6) is 5.75 Å². The summed E-state index contributed by atoms with van der Waals surface area (Å²) in [6.07, 6.45) is 0. The van der Waals surface area contributed by atoms with Crippen LogP contribution in [0.2, 0.25) is 0 Å². The van der Waals surface area contributed by atoms with Crippen molar-refractivity contribution in [3.05, 3.63) is 33.9 Å². The first-order chi connectivity index (χ1) is 8.56. The Balaban J connectivity index is 2.83. The number of nitro groups is 1. The predicted molar refractivity (Wildman–Crippen MR) is 65.1 cm³/mol. The van der Waals surface area contributed by atoms with E-state index in [0.717, 1.165) is 0 Å². The van der Waals surface area contributed by atoms with Gasteiger partial charge < -0.3 is 9.47 Å². The van der Waals surface area contributed by atoms with Crippen LogP contribution in [0.15, 0.2) is 18.2 Å². The van der Waals surface area contributed by atoms with Crippen LogP contribution in [0.3, 0.4) is 0 Å². The number of hydrogen-bond acceptors (Lipinski definition) is 5. The zero-order chi connectivity index (χ0) is 13.5. The van der Waals surface area contributed by atoms with Gasteiger partial charge in [0.15, 0.2) is 5.78 Å². The van der Waals surface area contributed by atoms with Crippen LogP contribution in [-0.2, 0) is 4.74 Å². The average molecular weight is 253 g/mol. The molecular weight excluding hydrogens is 238 g/mol. The van der Waals surface area contributed by atoms with E-state index in [9.17, 15) is 14.9 Å². The molecule has 98 valence electrons. The molecule has 0 bridgehead atoms. The standard InChI is InChI=1S/C12H15NO5/c1-3-17-6-7-18-12-5-4-10(13(15)16)8-11(12)9(2)14/h4-5,8H,3,6-7H2,1-2H3. The number of rotatable bonds is 7. The lowest BCUT2D eigenvalue weighted by Gasteiger charge is -2.09. The van der Waals surface area contributed by atoms with Gasteiger partial charge in [-0.3, -0.25) is 14.9 Å². The number of non-ortho nitro benzene ring substituents is 1. The van der Waals surface area contributed by atoms with Crippen molar-refractivity contribution in [3.8, 4) is 5.75 Å². The zero-order valence-corrected chi connectivity index (χ0v) is 10.3. The number of nitro benzene ring substituents is 1. The summed E-state index contributed by atoms with van der Waals surface area (Å²) < 4.78 is 10.5. The maximum atomic E-state index is 11.4. The summed E-state index contributed by atoms with van der Waals surface area (Å²) in [5.74, 6) is 0.0675. The molecular formula is C12H15NO5. The minimum Gasteiger partial charge on any atom is -0.490 e. The number of ketones is 1. The first kappa shape index (κ1) is 14.1. The molecule has 0 unspecified atom stereocenters. The third kappa shape index (κ3) is 3.81. The summed E-state index contributed by atoms with van der Waals surface area (Å²) in [7, 11) is 0. The predicted octanol–water partition coefficient (Wildman–Crippen LogP) is 2.21. The molecule has 0 saturated carbocycles. The van der Waals surface area contributed by atoms with Gasteiger partial charge in [0.2, 0.25) is 0 Å². The largest absolute Gasteiger partial charge is 0.490 e. The van der Waals surface area contributed by atoms with Crippen molar-refractivity contribution >= 4 is 11.5 Å². The van der Waals surface area contributed by atoms with Crippen molar-refractivity contribution in [1.82, 2.24) is 0 Å². The van der Waals surface area contributed by atoms with Gasteiger partial charge >= 0.3 is 0 Å². The van der Waals surface area contributed by atoms with E-state index in [4.69, 9.17) is 9.47 Å². The van der Waals surface area contributed by atoms with Crippen LogP contribution in [-0.4, -0.2) is 30.5 Å². The smallest absolute Gasteiger partial charge is 0.270 e. The fourth-order valence-electron chi connectivity index (χ4n) is 1.39. The summed E-state index contributed by atoms with van der Waals surface area (Å²) in [6, 6.07) is 3.96. The Kier molecular flexibility index (Phi) is 5.26. The van der Waals surface area contributed by atoms with Crippen molar-refractivity contribution in [2.75, 3.05) is 19.8 Å². The fourth-order valence-corrected chi connectivity index (χ4v) is 1.39. The van der Waals surface area contributed by atoms with E-state index in [0.29, 0.717) is 25.6 Å². The van der Waals surface area contributed by atoms with E-state index in [-0.39, 0.29) is 17.0 Å². The van der Waals surface area contributed by atoms with Crippen LogP contribution in [0.25, 0.3) is 0 Å². The third-order valence-electron chi connectivity index (χ3n) is 2.24. The second-order valence-electron chi connectivity index (χ2n) is 3.54. The van der Waals surface area contributed by atoms with Gasteiger partial charge in [-0.1, -0.05) is 0 Å². The van der Waals surface area contributed by atoms with Gasteiger partial charge in [0.1, 0.15) is 12.4 Å². The van der Waals surface area contributed by atoms with Crippen molar-refractivity contribution in [2.45, 2.75) is 13.8 Å². The molecule has 1 aromatic rings. The molecule has 0 amide bonds. The maximum absolute atomic E-state index is 11.4. The number of nitrogens with zero attached hydrogens (tertiary/aromatic N) is 1. The van der Waals surface area contributed by atoms with Gasteiger partial charge in [-0.2, -0.15) is 0 Å². The molecule has 6 heteroatoms. The molecule has 0 atom stereocenters. The van der Waals surface area contributed by atoms with E-state index >= 15 is 0 Å². The van der Waals surface area contributed by atoms with Gasteiger partial charge in [0, 0.05) is 18.7 Å². The fraction of sp³-hybridized carbons (Fsp3) is 0.417. The molecule has 0 N–H and O–H groups in total. The monoisotopic (exact) mass is 253 g/mol. The van der Waals surface area contributed by atoms with Crippen LogP contribution < -0.4 is 4.74 Å². The van der Waals surface area contributed by atoms with Crippen LogP contribution in [0, 0.1) is 10.1 Å². The van der Waals surface area contributed by atoms with Crippen LogP contribution >= 0.6 is 0 Å². The number of hydrogen-bond donors (Lipinski definition) is 0. The molecule has 0 aliphatic heterocycles. The van der Waals surface area contributed by atoms with Crippen molar-refractivity contribution in [2.24, 2.45) is 0 Å². The van der Waals surface area contributed by atoms with E-state index in [2.05, 4.69) is 0 Å². The van der Waals surface area contributed by atoms with Crippen LogP contribution in [0.4, 0.5) is 5.69 Å². The molecule has 0 aromatic heterocycles. The Morgan fingerprint density at radius 2 is 2.11 bits per heavy atom. The van der Waals surface area contributed by atoms with E-state index in [1.807, 2.05) is 6.92 Å². The summed E-state index contributed by atoms with van der Waals surface area (Å²) >= 11 is 0. The highest BCUT2D eigenvalue weighted by molar-refractivity contribution is 5.97. The Bertz CT molecular complexity index is 444. The van der Waals surface area contributed by atoms with E-state index in [1.54, 1.807) is 0 Å². The molecule has 0 saturated heterocycles. The second kappa shape index (κ2) is 6.70. The molecule has 0 aliphatic rings. The number of carbonyl (C=O) groups excluding carboxylic acids is 1. The maximum Gasteiger partial charge on any atom is 0.270 e. The van der Waals surface area contributed by atoms with Crippen molar-refractivity contribution in [3.63, 3.8) is 0 Å². The average Bonchev–Trinajstić information content (AvgIpc) is 2.34. The summed E-state index contributed by atoms with van der Waals surface area (Å²) in [5.41, 5.74) is 0.0815. The molecule has 18 heavy (non-hydrogen) atoms. The quantitative estimate of drug-likeness (QED) is 0.322. The third-order valence-corrected chi connectivity index (χ3v) is 2.24. The minimum atomic E-state index is -0.545. The SMILES string of the molecule is CCOCCOc1ccc([N+](=O)[O-])cc1C(C)=O. The zero-order valence-electron chi connectivity index (χ0n) is 10.3. The van der Waals surface area contributed by atoms with Crippen LogP contribution in [0.1, 0.15) is 24.2 Å². The Hall–Kier alpha value is -1.95. The molecule has 0 spiro atoms. The molecule has 0 radical (unpaired) electrons. The second-order valence-corrected chi connectivity index (χ2v) is 3.54.